The summed E-state index contributed by atoms with van der Waals surface area (Å²) < 4.78 is 16.9. The first-order valence-electron chi connectivity index (χ1n) is 10.9. The Morgan fingerprint density at radius 1 is 0.867 bits per heavy atom. The summed E-state index contributed by atoms with van der Waals surface area (Å²) in [6.45, 7) is 6.78. The lowest BCUT2D eigenvalue weighted by Crippen LogP contribution is -2.26. The van der Waals surface area contributed by atoms with Crippen LogP contribution in [0.4, 0.5) is 0 Å². The first-order chi connectivity index (χ1) is 14.4. The summed E-state index contributed by atoms with van der Waals surface area (Å²) in [6.07, 6.45) is 5.10. The number of rotatable bonds is 13. The highest BCUT2D eigenvalue weighted by molar-refractivity contribution is 5.71. The molecule has 4 nitrogen and oxygen atoms in total. The molecule has 0 amide bonds. The van der Waals surface area contributed by atoms with E-state index in [1.165, 1.54) is 11.1 Å². The molecule has 0 radical (unpaired) electrons. The fraction of sp³-hybridized carbons (Fsp3) is 0.500. The maximum Gasteiger partial charge on any atom is 0.332 e. The van der Waals surface area contributed by atoms with Crippen LogP contribution >= 0.6 is 0 Å². The van der Waals surface area contributed by atoms with Crippen LogP contribution in [0.15, 0.2) is 60.7 Å². The van der Waals surface area contributed by atoms with Crippen LogP contribution in [0.25, 0.3) is 0 Å². The second kappa shape index (κ2) is 13.2. The topological polar surface area (TPSA) is 44.8 Å². The lowest BCUT2D eigenvalue weighted by molar-refractivity contribution is -0.160. The minimum absolute atomic E-state index is 0.0131. The van der Waals surface area contributed by atoms with E-state index in [0.717, 1.165) is 32.1 Å². The molecule has 0 aliphatic heterocycles. The fourth-order valence-corrected chi connectivity index (χ4v) is 3.17. The number of hydrogen-bond donors (Lipinski definition) is 0. The van der Waals surface area contributed by atoms with Crippen LogP contribution in [0.2, 0.25) is 0 Å². The Morgan fingerprint density at radius 2 is 1.50 bits per heavy atom. The Balaban J connectivity index is 1.70. The zero-order chi connectivity index (χ0) is 21.7. The van der Waals surface area contributed by atoms with Crippen molar-refractivity contribution in [2.75, 3.05) is 13.2 Å². The summed E-state index contributed by atoms with van der Waals surface area (Å²) >= 11 is 0. The van der Waals surface area contributed by atoms with Gasteiger partial charge in [0.25, 0.3) is 0 Å². The van der Waals surface area contributed by atoms with E-state index in [-0.39, 0.29) is 18.7 Å². The molecule has 0 N–H and O–H groups in total. The van der Waals surface area contributed by atoms with E-state index in [1.807, 2.05) is 45.0 Å². The van der Waals surface area contributed by atoms with Crippen molar-refractivity contribution in [2.45, 2.75) is 71.2 Å². The average Bonchev–Trinajstić information content (AvgIpc) is 2.72. The predicted molar refractivity (Wildman–Crippen MR) is 120 cm³/mol. The molecule has 4 heteroatoms. The Morgan fingerprint density at radius 3 is 2.13 bits per heavy atom. The van der Waals surface area contributed by atoms with Gasteiger partial charge >= 0.3 is 5.97 Å². The summed E-state index contributed by atoms with van der Waals surface area (Å²) in [5.74, 6) is -0.311. The van der Waals surface area contributed by atoms with Crippen molar-refractivity contribution in [3.63, 3.8) is 0 Å². The maximum absolute atomic E-state index is 11.7. The van der Waals surface area contributed by atoms with Gasteiger partial charge < -0.3 is 14.2 Å². The van der Waals surface area contributed by atoms with Crippen LogP contribution in [-0.4, -0.2) is 30.9 Å². The monoisotopic (exact) mass is 412 g/mol. The Bertz CT molecular complexity index is 663. The van der Waals surface area contributed by atoms with Gasteiger partial charge in [0.2, 0.25) is 0 Å². The van der Waals surface area contributed by atoms with Crippen molar-refractivity contribution in [3.05, 3.63) is 71.8 Å². The van der Waals surface area contributed by atoms with Crippen LogP contribution in [-0.2, 0) is 32.0 Å². The standard InChI is InChI=1S/C26H36O4/c1-26(2,3)30-25(27)21-28-19-11-10-16-24(18-17-22-12-6-4-7-13-22)29-20-23-14-8-5-9-15-23/h4-9,12-15,24H,10-11,16-21H2,1-3H3. The second-order valence-corrected chi connectivity index (χ2v) is 8.58. The largest absolute Gasteiger partial charge is 0.458 e. The first-order valence-corrected chi connectivity index (χ1v) is 10.9. The molecule has 0 saturated heterocycles. The maximum atomic E-state index is 11.7. The van der Waals surface area contributed by atoms with E-state index in [0.29, 0.717) is 13.2 Å². The molecular formula is C26H36O4. The summed E-state index contributed by atoms with van der Waals surface area (Å²) in [6, 6.07) is 20.8. The minimum Gasteiger partial charge on any atom is -0.458 e. The third-order valence-corrected chi connectivity index (χ3v) is 4.63. The number of ether oxygens (including phenoxy) is 3. The molecule has 0 heterocycles. The summed E-state index contributed by atoms with van der Waals surface area (Å²) in [5, 5.41) is 0. The number of esters is 1. The van der Waals surface area contributed by atoms with E-state index in [1.54, 1.807) is 0 Å². The van der Waals surface area contributed by atoms with Gasteiger partial charge in [0.1, 0.15) is 12.2 Å². The molecular weight excluding hydrogens is 376 g/mol. The zero-order valence-corrected chi connectivity index (χ0v) is 18.6. The molecule has 30 heavy (non-hydrogen) atoms. The number of hydrogen-bond acceptors (Lipinski definition) is 4. The number of aryl methyl sites for hydroxylation is 1. The molecule has 164 valence electrons. The zero-order valence-electron chi connectivity index (χ0n) is 18.6. The van der Waals surface area contributed by atoms with Gasteiger partial charge in [-0.3, -0.25) is 0 Å². The Labute approximate surface area is 181 Å². The molecule has 2 rings (SSSR count). The highest BCUT2D eigenvalue weighted by Crippen LogP contribution is 2.16. The Kier molecular flexibility index (Phi) is 10.6. The normalized spacial score (nSPS) is 12.5. The second-order valence-electron chi connectivity index (χ2n) is 8.58. The van der Waals surface area contributed by atoms with Crippen molar-refractivity contribution in [2.24, 2.45) is 0 Å². The summed E-state index contributed by atoms with van der Waals surface area (Å²) in [5.41, 5.74) is 2.07. The van der Waals surface area contributed by atoms with Gasteiger partial charge in [0.15, 0.2) is 0 Å². The molecule has 0 aliphatic rings. The molecule has 1 atom stereocenters. The number of benzene rings is 2. The van der Waals surface area contributed by atoms with Crippen LogP contribution in [0.5, 0.6) is 0 Å². The van der Waals surface area contributed by atoms with E-state index in [9.17, 15) is 4.79 Å². The van der Waals surface area contributed by atoms with Gasteiger partial charge in [-0.1, -0.05) is 60.7 Å². The van der Waals surface area contributed by atoms with Crippen molar-refractivity contribution in [1.29, 1.82) is 0 Å². The van der Waals surface area contributed by atoms with Gasteiger partial charge in [-0.2, -0.15) is 0 Å². The molecule has 0 bridgehead atoms. The average molecular weight is 413 g/mol. The molecule has 2 aromatic rings. The van der Waals surface area contributed by atoms with E-state index in [4.69, 9.17) is 14.2 Å². The third kappa shape index (κ3) is 11.1. The van der Waals surface area contributed by atoms with Gasteiger partial charge in [-0.15, -0.1) is 0 Å². The van der Waals surface area contributed by atoms with Crippen molar-refractivity contribution in [1.82, 2.24) is 0 Å². The molecule has 0 fully saturated rings. The first kappa shape index (κ1) is 24.1. The van der Waals surface area contributed by atoms with Crippen LogP contribution < -0.4 is 0 Å². The number of unbranched alkanes of at least 4 members (excludes halogenated alkanes) is 1. The molecule has 0 saturated carbocycles. The Hall–Kier alpha value is -2.17. The number of carbonyl (C=O) groups excluding carboxylic acids is 1. The van der Waals surface area contributed by atoms with Crippen molar-refractivity contribution in [3.8, 4) is 0 Å². The molecule has 2 aromatic carbocycles. The molecule has 0 aliphatic carbocycles. The van der Waals surface area contributed by atoms with E-state index >= 15 is 0 Å². The predicted octanol–water partition coefficient (Wildman–Crippen LogP) is 5.73. The van der Waals surface area contributed by atoms with Crippen LogP contribution in [0, 0.1) is 0 Å². The lowest BCUT2D eigenvalue weighted by Gasteiger charge is -2.19. The molecule has 0 spiro atoms. The fourth-order valence-electron chi connectivity index (χ4n) is 3.17. The van der Waals surface area contributed by atoms with Crippen molar-refractivity contribution < 1.29 is 19.0 Å². The van der Waals surface area contributed by atoms with Gasteiger partial charge in [0.05, 0.1) is 12.7 Å². The quantitative estimate of drug-likeness (QED) is 0.311. The molecule has 1 unspecified atom stereocenters. The van der Waals surface area contributed by atoms with E-state index < -0.39 is 5.60 Å². The summed E-state index contributed by atoms with van der Waals surface area (Å²) in [7, 11) is 0. The van der Waals surface area contributed by atoms with Crippen LogP contribution in [0.3, 0.4) is 0 Å². The highest BCUT2D eigenvalue weighted by atomic mass is 16.6. The number of carbonyl (C=O) groups is 1. The third-order valence-electron chi connectivity index (χ3n) is 4.63. The summed E-state index contributed by atoms with van der Waals surface area (Å²) in [4.78, 5) is 11.7. The molecule has 0 aromatic heterocycles. The van der Waals surface area contributed by atoms with Crippen LogP contribution in [0.1, 0.15) is 57.6 Å². The van der Waals surface area contributed by atoms with Gasteiger partial charge in [0, 0.05) is 6.61 Å². The van der Waals surface area contributed by atoms with Gasteiger partial charge in [-0.05, 0) is 64.0 Å². The van der Waals surface area contributed by atoms with Gasteiger partial charge in [-0.25, -0.2) is 4.79 Å². The lowest BCUT2D eigenvalue weighted by atomic mass is 10.0. The smallest absolute Gasteiger partial charge is 0.332 e. The minimum atomic E-state index is -0.470. The van der Waals surface area contributed by atoms with Crippen molar-refractivity contribution >= 4 is 5.97 Å². The van der Waals surface area contributed by atoms with E-state index in [2.05, 4.69) is 36.4 Å². The highest BCUT2D eigenvalue weighted by Gasteiger charge is 2.16. The SMILES string of the molecule is CC(C)(C)OC(=O)COCCCCC(CCc1ccccc1)OCc1ccccc1.